The van der Waals surface area contributed by atoms with Crippen LogP contribution in [-0.4, -0.2) is 0 Å². The standard InChI is InChI=1S/C58H39NO/c1-5-16-40(17-6-1)41-30-34-47(35-31-41)59(48-36-32-45(33-37-48)50-27-14-25-46-24-13-26-49(55(46)50)42-18-7-2-8-19-42)54-29-15-28-53-56-51(43-20-9-3-10-21-43)38-39-52(58(56)60-57(53)54)44-22-11-4-12-23-44/h1-39H. The highest BCUT2D eigenvalue weighted by atomic mass is 16.3. The van der Waals surface area contributed by atoms with Crippen molar-refractivity contribution in [3.63, 3.8) is 0 Å². The molecule has 0 fully saturated rings. The monoisotopic (exact) mass is 765 g/mol. The molecule has 0 saturated carbocycles. The first kappa shape index (κ1) is 35.2. The Bertz CT molecular complexity index is 3260. The minimum absolute atomic E-state index is 0.839. The molecule has 0 aliphatic heterocycles. The third-order valence-electron chi connectivity index (χ3n) is 11.7. The van der Waals surface area contributed by atoms with Crippen LogP contribution in [0.1, 0.15) is 0 Å². The Morgan fingerprint density at radius 2 is 0.683 bits per heavy atom. The second-order valence-electron chi connectivity index (χ2n) is 15.2. The van der Waals surface area contributed by atoms with Crippen molar-refractivity contribution in [2.75, 3.05) is 4.90 Å². The van der Waals surface area contributed by atoms with E-state index in [9.17, 15) is 0 Å². The first-order chi connectivity index (χ1) is 29.8. The molecule has 0 atom stereocenters. The molecule has 0 N–H and O–H groups in total. The zero-order chi connectivity index (χ0) is 39.8. The second-order valence-corrected chi connectivity index (χ2v) is 15.2. The van der Waals surface area contributed by atoms with Gasteiger partial charge >= 0.3 is 0 Å². The van der Waals surface area contributed by atoms with E-state index in [1.54, 1.807) is 0 Å². The van der Waals surface area contributed by atoms with Crippen molar-refractivity contribution in [1.82, 2.24) is 0 Å². The zero-order valence-corrected chi connectivity index (χ0v) is 32.9. The lowest BCUT2D eigenvalue weighted by molar-refractivity contribution is 0.670. The molecule has 0 bridgehead atoms. The number of anilines is 3. The van der Waals surface area contributed by atoms with Crippen molar-refractivity contribution in [2.24, 2.45) is 0 Å². The van der Waals surface area contributed by atoms with E-state index in [1.807, 2.05) is 0 Å². The summed E-state index contributed by atoms with van der Waals surface area (Å²) in [4.78, 5) is 2.34. The highest BCUT2D eigenvalue weighted by molar-refractivity contribution is 6.19. The Kier molecular flexibility index (Phi) is 8.87. The van der Waals surface area contributed by atoms with Crippen molar-refractivity contribution in [1.29, 1.82) is 0 Å². The molecule has 11 rings (SSSR count). The molecule has 2 nitrogen and oxygen atoms in total. The number of para-hydroxylation sites is 1. The number of benzene rings is 10. The minimum Gasteiger partial charge on any atom is -0.453 e. The van der Waals surface area contributed by atoms with Crippen molar-refractivity contribution in [3.05, 3.63) is 237 Å². The summed E-state index contributed by atoms with van der Waals surface area (Å²) in [5, 5.41) is 4.66. The molecular weight excluding hydrogens is 727 g/mol. The quantitative estimate of drug-likeness (QED) is 0.153. The van der Waals surface area contributed by atoms with Crippen LogP contribution in [-0.2, 0) is 0 Å². The van der Waals surface area contributed by atoms with Crippen molar-refractivity contribution >= 4 is 49.8 Å². The van der Waals surface area contributed by atoms with Crippen molar-refractivity contribution < 1.29 is 4.42 Å². The van der Waals surface area contributed by atoms with E-state index in [0.717, 1.165) is 66.8 Å². The largest absolute Gasteiger partial charge is 0.453 e. The highest BCUT2D eigenvalue weighted by Crippen LogP contribution is 2.47. The third kappa shape index (κ3) is 6.23. The summed E-state index contributed by atoms with van der Waals surface area (Å²) < 4.78 is 7.20. The van der Waals surface area contributed by atoms with Gasteiger partial charge < -0.3 is 9.32 Å². The molecule has 282 valence electrons. The van der Waals surface area contributed by atoms with E-state index in [-0.39, 0.29) is 0 Å². The van der Waals surface area contributed by atoms with Crippen LogP contribution in [0, 0.1) is 0 Å². The highest BCUT2D eigenvalue weighted by Gasteiger charge is 2.23. The van der Waals surface area contributed by atoms with E-state index in [0.29, 0.717) is 0 Å². The number of hydrogen-bond donors (Lipinski definition) is 0. The van der Waals surface area contributed by atoms with E-state index in [2.05, 4.69) is 241 Å². The summed E-state index contributed by atoms with van der Waals surface area (Å²) in [7, 11) is 0. The Hall–Kier alpha value is -7.94. The molecule has 0 radical (unpaired) electrons. The summed E-state index contributed by atoms with van der Waals surface area (Å²) in [6.07, 6.45) is 0. The van der Waals surface area contributed by atoms with Gasteiger partial charge in [0.05, 0.1) is 5.69 Å². The number of fused-ring (bicyclic) bond motifs is 4. The third-order valence-corrected chi connectivity index (χ3v) is 11.7. The maximum absolute atomic E-state index is 7.20. The lowest BCUT2D eigenvalue weighted by Crippen LogP contribution is -2.10. The summed E-state index contributed by atoms with van der Waals surface area (Å²) in [6.45, 7) is 0. The van der Waals surface area contributed by atoms with Crippen LogP contribution in [0.25, 0.3) is 88.3 Å². The summed E-state index contributed by atoms with van der Waals surface area (Å²) in [5.74, 6) is 0. The predicted octanol–water partition coefficient (Wildman–Crippen LogP) is 16.5. The molecule has 0 aliphatic carbocycles. The number of nitrogens with zero attached hydrogens (tertiary/aromatic N) is 1. The van der Waals surface area contributed by atoms with Gasteiger partial charge in [-0.2, -0.15) is 0 Å². The summed E-state index contributed by atoms with van der Waals surface area (Å²) >= 11 is 0. The fraction of sp³-hybridized carbons (Fsp3) is 0. The van der Waals surface area contributed by atoms with Gasteiger partial charge in [-0.05, 0) is 97.2 Å². The van der Waals surface area contributed by atoms with Crippen molar-refractivity contribution in [2.45, 2.75) is 0 Å². The van der Waals surface area contributed by atoms with Gasteiger partial charge in [0.1, 0.15) is 5.58 Å². The maximum Gasteiger partial charge on any atom is 0.159 e. The van der Waals surface area contributed by atoms with E-state index in [4.69, 9.17) is 4.42 Å². The zero-order valence-electron chi connectivity index (χ0n) is 32.9. The van der Waals surface area contributed by atoms with Gasteiger partial charge in [0, 0.05) is 27.7 Å². The number of hydrogen-bond acceptors (Lipinski definition) is 2. The first-order valence-electron chi connectivity index (χ1n) is 20.5. The predicted molar refractivity (Wildman–Crippen MR) is 253 cm³/mol. The molecule has 0 spiro atoms. The van der Waals surface area contributed by atoms with Crippen LogP contribution >= 0.6 is 0 Å². The molecule has 0 amide bonds. The van der Waals surface area contributed by atoms with Crippen LogP contribution in [0.4, 0.5) is 17.1 Å². The Morgan fingerprint density at radius 3 is 1.23 bits per heavy atom. The SMILES string of the molecule is c1ccc(-c2ccc(N(c3ccc(-c4cccc5cccc(-c6ccccc6)c45)cc3)c3cccc4c3oc3c(-c5ccccc5)ccc(-c5ccccc5)c34)cc2)cc1. The molecule has 60 heavy (non-hydrogen) atoms. The van der Waals surface area contributed by atoms with Gasteiger partial charge in [0.15, 0.2) is 5.58 Å². The first-order valence-corrected chi connectivity index (χ1v) is 20.5. The summed E-state index contributed by atoms with van der Waals surface area (Å²) in [5.41, 5.74) is 16.4. The van der Waals surface area contributed by atoms with Gasteiger partial charge in [-0.15, -0.1) is 0 Å². The Labute approximate surface area is 349 Å². The fourth-order valence-corrected chi connectivity index (χ4v) is 8.86. The molecular formula is C58H39NO. The Balaban J connectivity index is 1.11. The smallest absolute Gasteiger partial charge is 0.159 e. The molecule has 0 aliphatic rings. The molecule has 0 unspecified atom stereocenters. The lowest BCUT2D eigenvalue weighted by Gasteiger charge is -2.26. The normalized spacial score (nSPS) is 11.3. The maximum atomic E-state index is 7.20. The van der Waals surface area contributed by atoms with Gasteiger partial charge in [0.25, 0.3) is 0 Å². The lowest BCUT2D eigenvalue weighted by atomic mass is 9.91. The van der Waals surface area contributed by atoms with E-state index < -0.39 is 0 Å². The Morgan fingerprint density at radius 1 is 0.267 bits per heavy atom. The van der Waals surface area contributed by atoms with Gasteiger partial charge in [-0.25, -0.2) is 0 Å². The molecule has 2 heteroatoms. The fourth-order valence-electron chi connectivity index (χ4n) is 8.86. The topological polar surface area (TPSA) is 16.4 Å². The van der Waals surface area contributed by atoms with Crippen LogP contribution in [0.5, 0.6) is 0 Å². The number of furan rings is 1. The average molecular weight is 766 g/mol. The van der Waals surface area contributed by atoms with Crippen LogP contribution < -0.4 is 4.90 Å². The second kappa shape index (κ2) is 15.1. The summed E-state index contributed by atoms with van der Waals surface area (Å²) in [6, 6.07) is 84.5. The van der Waals surface area contributed by atoms with Crippen LogP contribution in [0.3, 0.4) is 0 Å². The van der Waals surface area contributed by atoms with Gasteiger partial charge in [-0.3, -0.25) is 0 Å². The van der Waals surface area contributed by atoms with Gasteiger partial charge in [-0.1, -0.05) is 200 Å². The van der Waals surface area contributed by atoms with E-state index in [1.165, 1.54) is 38.6 Å². The molecule has 1 aromatic heterocycles. The van der Waals surface area contributed by atoms with Crippen LogP contribution in [0.2, 0.25) is 0 Å². The molecule has 1 heterocycles. The average Bonchev–Trinajstić information content (AvgIpc) is 3.73. The molecule has 0 saturated heterocycles. The molecule has 11 aromatic rings. The number of rotatable bonds is 8. The van der Waals surface area contributed by atoms with E-state index >= 15 is 0 Å². The van der Waals surface area contributed by atoms with Crippen molar-refractivity contribution in [3.8, 4) is 55.6 Å². The van der Waals surface area contributed by atoms with Gasteiger partial charge in [0.2, 0.25) is 0 Å². The molecule has 10 aromatic carbocycles. The van der Waals surface area contributed by atoms with Crippen LogP contribution in [0.15, 0.2) is 241 Å². The minimum atomic E-state index is 0.839.